The highest BCUT2D eigenvalue weighted by molar-refractivity contribution is 5.82. The summed E-state index contributed by atoms with van der Waals surface area (Å²) in [5, 5.41) is 11.2. The van der Waals surface area contributed by atoms with Gasteiger partial charge >= 0.3 is 12.1 Å². The average Bonchev–Trinajstić information content (AvgIpc) is 2.91. The molecule has 0 aromatic heterocycles. The monoisotopic (exact) mass is 323 g/mol. The summed E-state index contributed by atoms with van der Waals surface area (Å²) < 4.78 is 5.26. The van der Waals surface area contributed by atoms with E-state index < -0.39 is 18.1 Å². The van der Waals surface area contributed by atoms with Crippen LogP contribution in [0, 0.1) is 0 Å². The van der Waals surface area contributed by atoms with Crippen molar-refractivity contribution in [3.8, 4) is 11.1 Å². The molecule has 5 nitrogen and oxygen atoms in total. The summed E-state index contributed by atoms with van der Waals surface area (Å²) in [6.07, 6.45) is 0.369. The van der Waals surface area contributed by atoms with Gasteiger partial charge in [-0.05, 0) is 22.3 Å². The number of hydrogen-bond donors (Lipinski definition) is 2. The maximum absolute atomic E-state index is 11.9. The van der Waals surface area contributed by atoms with Gasteiger partial charge < -0.3 is 15.2 Å². The molecule has 0 bridgehead atoms. The third-order valence-electron chi connectivity index (χ3n) is 4.12. The second-order valence-electron chi connectivity index (χ2n) is 5.52. The molecule has 3 rings (SSSR count). The Kier molecular flexibility index (Phi) is 4.33. The van der Waals surface area contributed by atoms with Crippen LogP contribution in [-0.2, 0) is 9.53 Å². The maximum Gasteiger partial charge on any atom is 0.408 e. The first kappa shape index (κ1) is 15.8. The van der Waals surface area contributed by atoms with Crippen LogP contribution in [0.5, 0.6) is 0 Å². The highest BCUT2D eigenvalue weighted by atomic mass is 16.5. The fraction of sp³-hybridized carbons (Fsp3) is 0.158. The number of hydrogen-bond acceptors (Lipinski definition) is 3. The molecule has 122 valence electrons. The third-order valence-corrected chi connectivity index (χ3v) is 4.12. The Bertz CT molecular complexity index is 754. The number of nitrogens with one attached hydrogen (secondary N) is 1. The van der Waals surface area contributed by atoms with Crippen LogP contribution in [0.1, 0.15) is 17.0 Å². The average molecular weight is 323 g/mol. The number of carboxylic acids is 1. The van der Waals surface area contributed by atoms with Crippen molar-refractivity contribution in [2.24, 2.45) is 0 Å². The van der Waals surface area contributed by atoms with Crippen LogP contribution < -0.4 is 5.32 Å². The van der Waals surface area contributed by atoms with Gasteiger partial charge in [-0.25, -0.2) is 9.59 Å². The molecule has 0 spiro atoms. The summed E-state index contributed by atoms with van der Waals surface area (Å²) >= 11 is 0. The van der Waals surface area contributed by atoms with Crippen LogP contribution in [0.2, 0.25) is 0 Å². The first-order valence-electron chi connectivity index (χ1n) is 7.58. The van der Waals surface area contributed by atoms with Gasteiger partial charge in [-0.15, -0.1) is 6.58 Å². The lowest BCUT2D eigenvalue weighted by molar-refractivity contribution is -0.138. The highest BCUT2D eigenvalue weighted by Gasteiger charge is 2.29. The minimum absolute atomic E-state index is 0.0600. The number of benzene rings is 2. The van der Waals surface area contributed by atoms with Crippen LogP contribution in [0.4, 0.5) is 4.79 Å². The molecule has 0 fully saturated rings. The van der Waals surface area contributed by atoms with Gasteiger partial charge in [0.25, 0.3) is 0 Å². The zero-order valence-corrected chi connectivity index (χ0v) is 12.9. The van der Waals surface area contributed by atoms with Crippen molar-refractivity contribution >= 4 is 12.1 Å². The SMILES string of the molecule is C=C[C@H](NC(=O)OCC1c2ccccc2-c2ccccc21)C(=O)O. The molecule has 0 unspecified atom stereocenters. The number of ether oxygens (including phenoxy) is 1. The molecule has 2 aromatic carbocycles. The van der Waals surface area contributed by atoms with E-state index in [1.165, 1.54) is 0 Å². The van der Waals surface area contributed by atoms with Gasteiger partial charge in [0, 0.05) is 5.92 Å². The standard InChI is InChI=1S/C19H17NO4/c1-2-17(18(21)22)20-19(23)24-11-16-14-9-5-3-7-12(14)13-8-4-6-10-15(13)16/h2-10,16-17H,1,11H2,(H,20,23)(H,21,22)/t17-/m0/s1. The molecule has 0 saturated carbocycles. The number of aliphatic carboxylic acids is 1. The Morgan fingerprint density at radius 1 is 1.12 bits per heavy atom. The van der Waals surface area contributed by atoms with E-state index in [-0.39, 0.29) is 12.5 Å². The van der Waals surface area contributed by atoms with Crippen LogP contribution >= 0.6 is 0 Å². The number of fused-ring (bicyclic) bond motifs is 3. The number of carbonyl (C=O) groups excluding carboxylic acids is 1. The van der Waals surface area contributed by atoms with Gasteiger partial charge in [0.1, 0.15) is 12.6 Å². The summed E-state index contributed by atoms with van der Waals surface area (Å²) in [4.78, 5) is 22.8. The van der Waals surface area contributed by atoms with E-state index in [9.17, 15) is 9.59 Å². The van der Waals surface area contributed by atoms with E-state index in [2.05, 4.69) is 11.9 Å². The number of carbonyl (C=O) groups is 2. The maximum atomic E-state index is 11.9. The topological polar surface area (TPSA) is 75.6 Å². The molecule has 1 aliphatic carbocycles. The second-order valence-corrected chi connectivity index (χ2v) is 5.52. The van der Waals surface area contributed by atoms with Crippen LogP contribution in [0.3, 0.4) is 0 Å². The molecule has 2 aromatic rings. The molecular formula is C19H17NO4. The van der Waals surface area contributed by atoms with Crippen molar-refractivity contribution < 1.29 is 19.4 Å². The zero-order chi connectivity index (χ0) is 17.1. The number of rotatable bonds is 5. The van der Waals surface area contributed by atoms with Gasteiger partial charge in [-0.2, -0.15) is 0 Å². The summed E-state index contributed by atoms with van der Waals surface area (Å²) in [5.74, 6) is -1.24. The molecule has 24 heavy (non-hydrogen) atoms. The number of amides is 1. The lowest BCUT2D eigenvalue weighted by atomic mass is 9.98. The Morgan fingerprint density at radius 3 is 2.17 bits per heavy atom. The molecule has 0 radical (unpaired) electrons. The lowest BCUT2D eigenvalue weighted by Crippen LogP contribution is -2.39. The fourth-order valence-electron chi connectivity index (χ4n) is 2.99. The number of carboxylic acid groups (broad SMARTS) is 1. The molecule has 1 aliphatic rings. The fourth-order valence-corrected chi connectivity index (χ4v) is 2.99. The minimum Gasteiger partial charge on any atom is -0.479 e. The molecular weight excluding hydrogens is 306 g/mol. The molecule has 1 amide bonds. The van der Waals surface area contributed by atoms with E-state index in [0.29, 0.717) is 0 Å². The van der Waals surface area contributed by atoms with Gasteiger partial charge in [0.15, 0.2) is 0 Å². The summed E-state index contributed by atoms with van der Waals surface area (Å²) in [5.41, 5.74) is 4.48. The third kappa shape index (κ3) is 2.88. The summed E-state index contributed by atoms with van der Waals surface area (Å²) in [7, 11) is 0. The van der Waals surface area contributed by atoms with E-state index in [4.69, 9.17) is 9.84 Å². The largest absolute Gasteiger partial charge is 0.479 e. The highest BCUT2D eigenvalue weighted by Crippen LogP contribution is 2.44. The lowest BCUT2D eigenvalue weighted by Gasteiger charge is -2.15. The predicted molar refractivity (Wildman–Crippen MR) is 89.8 cm³/mol. The molecule has 2 N–H and O–H groups in total. The molecule has 0 aliphatic heterocycles. The van der Waals surface area contributed by atoms with Crippen LogP contribution in [0.25, 0.3) is 11.1 Å². The second kappa shape index (κ2) is 6.58. The molecule has 5 heteroatoms. The van der Waals surface area contributed by atoms with E-state index in [1.54, 1.807) is 0 Å². The Morgan fingerprint density at radius 2 is 1.67 bits per heavy atom. The van der Waals surface area contributed by atoms with Gasteiger partial charge in [-0.3, -0.25) is 0 Å². The first-order chi connectivity index (χ1) is 11.6. The zero-order valence-electron chi connectivity index (χ0n) is 12.9. The van der Waals surface area contributed by atoms with Gasteiger partial charge in [0.05, 0.1) is 0 Å². The Balaban J connectivity index is 1.75. The van der Waals surface area contributed by atoms with Crippen molar-refractivity contribution in [1.29, 1.82) is 0 Å². The molecule has 0 saturated heterocycles. The van der Waals surface area contributed by atoms with Crippen LogP contribution in [0.15, 0.2) is 61.2 Å². The Hall–Kier alpha value is -3.08. The van der Waals surface area contributed by atoms with Crippen molar-refractivity contribution in [2.45, 2.75) is 12.0 Å². The van der Waals surface area contributed by atoms with Crippen molar-refractivity contribution in [1.82, 2.24) is 5.32 Å². The summed E-state index contributed by atoms with van der Waals surface area (Å²) in [6.45, 7) is 3.52. The quantitative estimate of drug-likeness (QED) is 0.829. The van der Waals surface area contributed by atoms with E-state index in [1.807, 2.05) is 48.5 Å². The first-order valence-corrected chi connectivity index (χ1v) is 7.58. The van der Waals surface area contributed by atoms with E-state index in [0.717, 1.165) is 28.3 Å². The normalized spacial score (nSPS) is 13.5. The smallest absolute Gasteiger partial charge is 0.408 e. The van der Waals surface area contributed by atoms with E-state index >= 15 is 0 Å². The van der Waals surface area contributed by atoms with Crippen molar-refractivity contribution in [2.75, 3.05) is 6.61 Å². The van der Waals surface area contributed by atoms with Gasteiger partial charge in [0.2, 0.25) is 0 Å². The minimum atomic E-state index is -1.18. The van der Waals surface area contributed by atoms with Crippen molar-refractivity contribution in [3.05, 3.63) is 72.3 Å². The van der Waals surface area contributed by atoms with Crippen LogP contribution in [-0.4, -0.2) is 29.8 Å². The predicted octanol–water partition coefficient (Wildman–Crippen LogP) is 3.16. The van der Waals surface area contributed by atoms with Gasteiger partial charge in [-0.1, -0.05) is 54.6 Å². The Labute approximate surface area is 139 Å². The number of alkyl carbamates (subject to hydrolysis) is 1. The molecule has 1 atom stereocenters. The van der Waals surface area contributed by atoms with Crippen molar-refractivity contribution in [3.63, 3.8) is 0 Å². The molecule has 0 heterocycles. The summed E-state index contributed by atoms with van der Waals surface area (Å²) in [6, 6.07) is 14.8.